The molecule has 1 heteroatoms. The minimum absolute atomic E-state index is 1.24. The van der Waals surface area contributed by atoms with E-state index in [1.54, 1.807) is 0 Å². The van der Waals surface area contributed by atoms with Crippen molar-refractivity contribution in [3.8, 4) is 0 Å². The second-order valence-corrected chi connectivity index (χ2v) is 4.51. The van der Waals surface area contributed by atoms with Crippen LogP contribution in [0.3, 0.4) is 0 Å². The Morgan fingerprint density at radius 1 is 0.600 bits per heavy atom. The summed E-state index contributed by atoms with van der Waals surface area (Å²) in [6.07, 6.45) is 0. The van der Waals surface area contributed by atoms with E-state index < -0.39 is 0 Å². The summed E-state index contributed by atoms with van der Waals surface area (Å²) in [5, 5.41) is 2.52. The molecule has 0 bridgehead atoms. The van der Waals surface area contributed by atoms with Crippen molar-refractivity contribution in [2.75, 3.05) is 0 Å². The van der Waals surface area contributed by atoms with E-state index >= 15 is 0 Å². The lowest BCUT2D eigenvalue weighted by Crippen LogP contribution is -1.68. The molecule has 0 radical (unpaired) electrons. The fraction of sp³-hybridized carbons (Fsp3) is 0. The van der Waals surface area contributed by atoms with Crippen molar-refractivity contribution < 1.29 is 0 Å². The molecular formula is C14H11I. The summed E-state index contributed by atoms with van der Waals surface area (Å²) in [5.41, 5.74) is 0. The molecule has 0 saturated heterocycles. The van der Waals surface area contributed by atoms with Gasteiger partial charge in [-0.2, -0.15) is 0 Å². The first-order valence-electron chi connectivity index (χ1n) is 4.84. The molecule has 0 heterocycles. The fourth-order valence-electron chi connectivity index (χ4n) is 1.43. The van der Waals surface area contributed by atoms with Gasteiger partial charge in [0.15, 0.2) is 0 Å². The van der Waals surface area contributed by atoms with E-state index in [-0.39, 0.29) is 0 Å². The first-order valence-corrected chi connectivity index (χ1v) is 5.92. The normalized spacial score (nSPS) is 9.67. The number of halogens is 1. The summed E-state index contributed by atoms with van der Waals surface area (Å²) in [5.74, 6) is 0. The summed E-state index contributed by atoms with van der Waals surface area (Å²) in [4.78, 5) is 0. The Hall–Kier alpha value is -1.09. The molecule has 0 aliphatic heterocycles. The molecule has 0 N–H and O–H groups in total. The molecule has 74 valence electrons. The first-order chi connectivity index (χ1) is 7.36. The monoisotopic (exact) mass is 306 g/mol. The number of fused-ring (bicyclic) bond motifs is 1. The van der Waals surface area contributed by atoms with Crippen molar-refractivity contribution in [3.05, 3.63) is 70.3 Å². The Kier molecular flexibility index (Phi) is 3.56. The largest absolute Gasteiger partial charge is 0.0622 e. The van der Waals surface area contributed by atoms with E-state index in [1.165, 1.54) is 14.3 Å². The predicted octanol–water partition coefficient (Wildman–Crippen LogP) is 4.57. The van der Waals surface area contributed by atoms with E-state index in [1.807, 2.05) is 12.1 Å². The van der Waals surface area contributed by atoms with Crippen LogP contribution >= 0.6 is 22.6 Å². The zero-order chi connectivity index (χ0) is 10.5. The van der Waals surface area contributed by atoms with Gasteiger partial charge in [-0.25, -0.2) is 0 Å². The van der Waals surface area contributed by atoms with Crippen LogP contribution in [0.5, 0.6) is 0 Å². The highest BCUT2D eigenvalue weighted by Crippen LogP contribution is 2.12. The lowest BCUT2D eigenvalue weighted by molar-refractivity contribution is 1.70. The van der Waals surface area contributed by atoms with Crippen LogP contribution in [0.15, 0.2) is 66.7 Å². The summed E-state index contributed by atoms with van der Waals surface area (Å²) >= 11 is 2.34. The minimum atomic E-state index is 1.24. The molecular weight excluding hydrogens is 295 g/mol. The van der Waals surface area contributed by atoms with Crippen LogP contribution in [-0.4, -0.2) is 0 Å². The van der Waals surface area contributed by atoms with E-state index in [2.05, 4.69) is 77.2 Å². The molecule has 2 aromatic rings. The average molecular weight is 306 g/mol. The van der Waals surface area contributed by atoms with Crippen LogP contribution in [0.1, 0.15) is 0 Å². The quantitative estimate of drug-likeness (QED) is 0.626. The van der Waals surface area contributed by atoms with Crippen LogP contribution < -0.4 is 0 Å². The highest BCUT2D eigenvalue weighted by molar-refractivity contribution is 14.1. The van der Waals surface area contributed by atoms with Crippen LogP contribution in [0.4, 0.5) is 0 Å². The van der Waals surface area contributed by atoms with E-state index in [0.717, 1.165) is 0 Å². The lowest BCUT2D eigenvalue weighted by Gasteiger charge is -1.92. The Morgan fingerprint density at radius 3 is 1.87 bits per heavy atom. The summed E-state index contributed by atoms with van der Waals surface area (Å²) < 4.78 is 1.24. The maximum atomic E-state index is 2.34. The van der Waals surface area contributed by atoms with Gasteiger partial charge in [-0.3, -0.25) is 0 Å². The molecule has 0 spiro atoms. The highest BCUT2D eigenvalue weighted by atomic mass is 127. The van der Waals surface area contributed by atoms with Crippen molar-refractivity contribution >= 4 is 33.4 Å². The van der Waals surface area contributed by atoms with Gasteiger partial charge in [0.1, 0.15) is 0 Å². The van der Waals surface area contributed by atoms with Gasteiger partial charge in [-0.1, -0.05) is 54.6 Å². The summed E-state index contributed by atoms with van der Waals surface area (Å²) in [6.45, 7) is 0. The second kappa shape index (κ2) is 5.12. The Balaban J connectivity index is 2.81. The molecule has 2 aromatic carbocycles. The van der Waals surface area contributed by atoms with Crippen LogP contribution in [0, 0.1) is 3.57 Å². The van der Waals surface area contributed by atoms with Gasteiger partial charge in [-0.05, 0) is 45.5 Å². The summed E-state index contributed by atoms with van der Waals surface area (Å²) in [7, 11) is 0. The topological polar surface area (TPSA) is 0 Å². The predicted molar refractivity (Wildman–Crippen MR) is 74.3 cm³/mol. The van der Waals surface area contributed by atoms with Gasteiger partial charge in [0.2, 0.25) is 0 Å². The first kappa shape index (κ1) is 10.4. The van der Waals surface area contributed by atoms with Crippen LogP contribution in [-0.2, 0) is 0 Å². The zero-order valence-corrected chi connectivity index (χ0v) is 10.4. The molecule has 0 aliphatic carbocycles. The smallest absolute Gasteiger partial charge is 0.0136 e. The lowest BCUT2D eigenvalue weighted by atomic mass is 10.2. The molecule has 0 unspecified atom stereocenters. The van der Waals surface area contributed by atoms with Gasteiger partial charge in [0, 0.05) is 3.57 Å². The zero-order valence-electron chi connectivity index (χ0n) is 8.23. The molecule has 0 atom stereocenters. The third kappa shape index (κ3) is 2.93. The fourth-order valence-corrected chi connectivity index (χ4v) is 1.97. The van der Waals surface area contributed by atoms with Gasteiger partial charge < -0.3 is 0 Å². The third-order valence-corrected chi connectivity index (χ3v) is 2.82. The molecule has 0 aliphatic rings. The molecule has 0 fully saturated rings. The van der Waals surface area contributed by atoms with Gasteiger partial charge in [-0.15, -0.1) is 0 Å². The average Bonchev–Trinajstić information content (AvgIpc) is 2.25. The van der Waals surface area contributed by atoms with Crippen LogP contribution in [0.2, 0.25) is 0 Å². The standard InChI is InChI=1S/C14H11I/c15-14-10-4-2-1-3-7-12-8-5-6-9-13(12)11-14/h1-11H. The Morgan fingerprint density at radius 2 is 1.13 bits per heavy atom. The number of hydrogen-bond donors (Lipinski definition) is 0. The molecule has 2 rings (SSSR count). The van der Waals surface area contributed by atoms with Crippen molar-refractivity contribution in [3.63, 3.8) is 0 Å². The molecule has 0 amide bonds. The number of hydrogen-bond acceptors (Lipinski definition) is 0. The van der Waals surface area contributed by atoms with Crippen molar-refractivity contribution in [1.82, 2.24) is 0 Å². The van der Waals surface area contributed by atoms with E-state index in [4.69, 9.17) is 0 Å². The highest BCUT2D eigenvalue weighted by Gasteiger charge is 1.86. The molecule has 0 saturated carbocycles. The van der Waals surface area contributed by atoms with E-state index in [0.29, 0.717) is 0 Å². The van der Waals surface area contributed by atoms with Crippen LogP contribution in [0.25, 0.3) is 10.8 Å². The van der Waals surface area contributed by atoms with Crippen molar-refractivity contribution in [1.29, 1.82) is 0 Å². The molecule has 15 heavy (non-hydrogen) atoms. The van der Waals surface area contributed by atoms with Crippen molar-refractivity contribution in [2.45, 2.75) is 0 Å². The summed E-state index contributed by atoms with van der Waals surface area (Å²) in [6, 6.07) is 23.0. The molecule has 0 aromatic heterocycles. The Bertz CT molecular complexity index is 516. The van der Waals surface area contributed by atoms with E-state index in [9.17, 15) is 0 Å². The van der Waals surface area contributed by atoms with Gasteiger partial charge >= 0.3 is 0 Å². The van der Waals surface area contributed by atoms with Crippen molar-refractivity contribution in [2.24, 2.45) is 0 Å². The molecule has 0 nitrogen and oxygen atoms in total. The SMILES string of the molecule is Ic1ccccccc2ccccc2c1. The van der Waals surface area contributed by atoms with Gasteiger partial charge in [0.05, 0.1) is 0 Å². The second-order valence-electron chi connectivity index (χ2n) is 3.26. The van der Waals surface area contributed by atoms with Gasteiger partial charge in [0.25, 0.3) is 0 Å². The number of benzene rings is 1. The Labute approximate surface area is 103 Å². The number of rotatable bonds is 0. The third-order valence-electron chi connectivity index (χ3n) is 2.15. The maximum Gasteiger partial charge on any atom is 0.0136 e. The maximum absolute atomic E-state index is 2.34. The minimum Gasteiger partial charge on any atom is -0.0622 e.